The van der Waals surface area contributed by atoms with E-state index in [0.717, 1.165) is 5.56 Å². The lowest BCUT2D eigenvalue weighted by atomic mass is 10.1. The van der Waals surface area contributed by atoms with E-state index in [0.29, 0.717) is 10.2 Å². The summed E-state index contributed by atoms with van der Waals surface area (Å²) >= 11 is 3.15. The maximum atomic E-state index is 13.1. The van der Waals surface area contributed by atoms with Gasteiger partial charge in [-0.05, 0) is 58.7 Å². The molecule has 0 heterocycles. The van der Waals surface area contributed by atoms with Crippen molar-refractivity contribution in [2.24, 2.45) is 0 Å². The Bertz CT molecular complexity index is 557. The second-order valence-electron chi connectivity index (χ2n) is 4.05. The van der Waals surface area contributed by atoms with Crippen LogP contribution in [0.2, 0.25) is 0 Å². The van der Waals surface area contributed by atoms with Crippen molar-refractivity contribution in [1.82, 2.24) is 0 Å². The van der Waals surface area contributed by atoms with Crippen LogP contribution in [0.15, 0.2) is 46.9 Å². The van der Waals surface area contributed by atoms with Crippen LogP contribution in [0, 0.1) is 11.6 Å². The van der Waals surface area contributed by atoms with Crippen molar-refractivity contribution in [1.29, 1.82) is 0 Å². The average molecular weight is 312 g/mol. The summed E-state index contributed by atoms with van der Waals surface area (Å²) in [4.78, 5) is 0. The Kier molecular flexibility index (Phi) is 3.97. The van der Waals surface area contributed by atoms with E-state index < -0.39 is 0 Å². The van der Waals surface area contributed by atoms with Crippen LogP contribution in [0.25, 0.3) is 0 Å². The number of hydrogen-bond donors (Lipinski definition) is 1. The number of benzene rings is 2. The Labute approximate surface area is 113 Å². The Morgan fingerprint density at radius 1 is 1.11 bits per heavy atom. The van der Waals surface area contributed by atoms with E-state index in [4.69, 9.17) is 0 Å². The minimum atomic E-state index is -0.295. The van der Waals surface area contributed by atoms with Crippen LogP contribution in [-0.2, 0) is 0 Å². The molecule has 2 aromatic rings. The van der Waals surface area contributed by atoms with Crippen LogP contribution in [0.4, 0.5) is 14.5 Å². The molecule has 18 heavy (non-hydrogen) atoms. The molecule has 0 saturated carbocycles. The molecule has 0 aliphatic rings. The van der Waals surface area contributed by atoms with E-state index in [9.17, 15) is 8.78 Å². The largest absolute Gasteiger partial charge is 0.378 e. The monoisotopic (exact) mass is 311 g/mol. The number of nitrogens with one attached hydrogen (secondary N) is 1. The van der Waals surface area contributed by atoms with E-state index in [1.807, 2.05) is 6.92 Å². The molecule has 1 atom stereocenters. The van der Waals surface area contributed by atoms with Crippen molar-refractivity contribution in [3.8, 4) is 0 Å². The van der Waals surface area contributed by atoms with Crippen LogP contribution >= 0.6 is 15.9 Å². The summed E-state index contributed by atoms with van der Waals surface area (Å²) < 4.78 is 26.6. The van der Waals surface area contributed by atoms with Gasteiger partial charge >= 0.3 is 0 Å². The van der Waals surface area contributed by atoms with Gasteiger partial charge in [0, 0.05) is 11.7 Å². The summed E-state index contributed by atoms with van der Waals surface area (Å²) in [5.74, 6) is -0.579. The predicted molar refractivity (Wildman–Crippen MR) is 72.5 cm³/mol. The third kappa shape index (κ3) is 3.07. The van der Waals surface area contributed by atoms with Gasteiger partial charge in [-0.25, -0.2) is 8.78 Å². The highest BCUT2D eigenvalue weighted by atomic mass is 79.9. The topological polar surface area (TPSA) is 12.0 Å². The minimum absolute atomic E-state index is 0.0382. The molecular weight excluding hydrogens is 300 g/mol. The fourth-order valence-corrected chi connectivity index (χ4v) is 2.09. The van der Waals surface area contributed by atoms with Gasteiger partial charge in [0.2, 0.25) is 0 Å². The van der Waals surface area contributed by atoms with E-state index >= 15 is 0 Å². The standard InChI is InChI=1S/C14H12BrF2N/c1-9(10-5-6-14(17)13(15)7-10)18-12-4-2-3-11(16)8-12/h2-9,18H,1H3. The molecule has 2 aromatic carbocycles. The second-order valence-corrected chi connectivity index (χ2v) is 4.90. The summed E-state index contributed by atoms with van der Waals surface area (Å²) in [5, 5.41) is 3.16. The molecule has 94 valence electrons. The minimum Gasteiger partial charge on any atom is -0.378 e. The van der Waals surface area contributed by atoms with Gasteiger partial charge in [-0.15, -0.1) is 0 Å². The molecule has 1 nitrogen and oxygen atoms in total. The Hall–Kier alpha value is -1.42. The summed E-state index contributed by atoms with van der Waals surface area (Å²) in [7, 11) is 0. The lowest BCUT2D eigenvalue weighted by Gasteiger charge is -2.16. The first-order valence-corrected chi connectivity index (χ1v) is 6.32. The maximum absolute atomic E-state index is 13.1. The highest BCUT2D eigenvalue weighted by Crippen LogP contribution is 2.24. The van der Waals surface area contributed by atoms with Gasteiger partial charge in [0.15, 0.2) is 0 Å². The highest BCUT2D eigenvalue weighted by Gasteiger charge is 2.08. The molecule has 0 amide bonds. The smallest absolute Gasteiger partial charge is 0.137 e. The molecule has 2 rings (SSSR count). The zero-order valence-corrected chi connectivity index (χ0v) is 11.3. The third-order valence-electron chi connectivity index (χ3n) is 2.65. The quantitative estimate of drug-likeness (QED) is 0.850. The molecule has 1 N–H and O–H groups in total. The van der Waals surface area contributed by atoms with Gasteiger partial charge in [0.25, 0.3) is 0 Å². The molecule has 0 aliphatic carbocycles. The SMILES string of the molecule is CC(Nc1cccc(F)c1)c1ccc(F)c(Br)c1. The highest BCUT2D eigenvalue weighted by molar-refractivity contribution is 9.10. The van der Waals surface area contributed by atoms with Crippen molar-refractivity contribution in [3.05, 3.63) is 64.1 Å². The zero-order chi connectivity index (χ0) is 13.1. The zero-order valence-electron chi connectivity index (χ0n) is 9.75. The molecule has 0 radical (unpaired) electrons. The first-order chi connectivity index (χ1) is 8.56. The van der Waals surface area contributed by atoms with Crippen LogP contribution in [0.5, 0.6) is 0 Å². The summed E-state index contributed by atoms with van der Waals surface area (Å²) in [5.41, 5.74) is 1.62. The molecule has 4 heteroatoms. The first kappa shape index (κ1) is 13.0. The van der Waals surface area contributed by atoms with E-state index in [1.165, 1.54) is 18.2 Å². The molecule has 1 unspecified atom stereocenters. The molecule has 0 saturated heterocycles. The lowest BCUT2D eigenvalue weighted by molar-refractivity contribution is 0.619. The van der Waals surface area contributed by atoms with Gasteiger partial charge in [0.1, 0.15) is 11.6 Å². The van der Waals surface area contributed by atoms with Gasteiger partial charge in [-0.2, -0.15) is 0 Å². The van der Waals surface area contributed by atoms with Gasteiger partial charge in [-0.1, -0.05) is 12.1 Å². The van der Waals surface area contributed by atoms with Crippen molar-refractivity contribution in [3.63, 3.8) is 0 Å². The normalized spacial score (nSPS) is 12.2. The molecule has 0 fully saturated rings. The van der Waals surface area contributed by atoms with Crippen molar-refractivity contribution in [2.75, 3.05) is 5.32 Å². The lowest BCUT2D eigenvalue weighted by Crippen LogP contribution is -2.06. The number of rotatable bonds is 3. The van der Waals surface area contributed by atoms with Gasteiger partial charge < -0.3 is 5.32 Å². The fourth-order valence-electron chi connectivity index (χ4n) is 1.69. The number of anilines is 1. The van der Waals surface area contributed by atoms with Crippen molar-refractivity contribution in [2.45, 2.75) is 13.0 Å². The van der Waals surface area contributed by atoms with Crippen LogP contribution in [-0.4, -0.2) is 0 Å². The van der Waals surface area contributed by atoms with Crippen molar-refractivity contribution >= 4 is 21.6 Å². The van der Waals surface area contributed by atoms with E-state index in [2.05, 4.69) is 21.2 Å². The summed E-state index contributed by atoms with van der Waals surface area (Å²) in [6, 6.07) is 11.0. The van der Waals surface area contributed by atoms with Gasteiger partial charge in [0.05, 0.1) is 4.47 Å². The average Bonchev–Trinajstić information content (AvgIpc) is 2.32. The van der Waals surface area contributed by atoms with Crippen LogP contribution in [0.1, 0.15) is 18.5 Å². The second kappa shape index (κ2) is 5.48. The van der Waals surface area contributed by atoms with Crippen LogP contribution in [0.3, 0.4) is 0 Å². The molecule has 0 bridgehead atoms. The first-order valence-electron chi connectivity index (χ1n) is 5.53. The molecule has 0 aliphatic heterocycles. The molecular formula is C14H12BrF2N. The van der Waals surface area contributed by atoms with Crippen molar-refractivity contribution < 1.29 is 8.78 Å². The van der Waals surface area contributed by atoms with Crippen LogP contribution < -0.4 is 5.32 Å². The van der Waals surface area contributed by atoms with E-state index in [-0.39, 0.29) is 17.7 Å². The Balaban J connectivity index is 2.16. The summed E-state index contributed by atoms with van der Waals surface area (Å²) in [6.07, 6.45) is 0. The maximum Gasteiger partial charge on any atom is 0.137 e. The Morgan fingerprint density at radius 3 is 2.56 bits per heavy atom. The predicted octanol–water partition coefficient (Wildman–Crippen LogP) is 4.90. The number of hydrogen-bond acceptors (Lipinski definition) is 1. The van der Waals surface area contributed by atoms with E-state index in [1.54, 1.807) is 24.3 Å². The summed E-state index contributed by atoms with van der Waals surface area (Å²) in [6.45, 7) is 1.94. The third-order valence-corrected chi connectivity index (χ3v) is 3.26. The number of halogens is 3. The Morgan fingerprint density at radius 2 is 1.89 bits per heavy atom. The van der Waals surface area contributed by atoms with Gasteiger partial charge in [-0.3, -0.25) is 0 Å². The molecule has 0 aromatic heterocycles. The fraction of sp³-hybridized carbons (Fsp3) is 0.143. The molecule has 0 spiro atoms.